The zero-order valence-corrected chi connectivity index (χ0v) is 16.6. The lowest BCUT2D eigenvalue weighted by Gasteiger charge is -1.97. The van der Waals surface area contributed by atoms with Gasteiger partial charge in [0, 0.05) is 16.1 Å². The molecule has 0 aliphatic heterocycles. The molecule has 3 nitrogen and oxygen atoms in total. The van der Waals surface area contributed by atoms with Crippen molar-refractivity contribution in [2.24, 2.45) is 0 Å². The van der Waals surface area contributed by atoms with E-state index in [9.17, 15) is 5.26 Å². The van der Waals surface area contributed by atoms with Crippen LogP contribution in [0.25, 0.3) is 27.6 Å². The molecule has 0 spiro atoms. The minimum Gasteiger partial charge on any atom is -0.457 e. The van der Waals surface area contributed by atoms with Crippen molar-refractivity contribution < 1.29 is 4.42 Å². The molecule has 0 N–H and O–H groups in total. The normalized spacial score (nSPS) is 11.6. The second kappa shape index (κ2) is 7.50. The molecule has 0 atom stereocenters. The first kappa shape index (κ1) is 17.1. The summed E-state index contributed by atoms with van der Waals surface area (Å²) in [6.45, 7) is 0. The molecule has 0 aliphatic carbocycles. The van der Waals surface area contributed by atoms with Crippen LogP contribution in [0.1, 0.15) is 5.76 Å². The van der Waals surface area contributed by atoms with Gasteiger partial charge in [-0.25, -0.2) is 4.98 Å². The van der Waals surface area contributed by atoms with Gasteiger partial charge in [0.25, 0.3) is 0 Å². The molecule has 4 aromatic rings. The fraction of sp³-hybridized carbons (Fsp3) is 0. The molecule has 126 valence electrons. The second-order valence-corrected chi connectivity index (χ2v) is 8.61. The summed E-state index contributed by atoms with van der Waals surface area (Å²) < 4.78 is 8.85. The Morgan fingerprint density at radius 3 is 2.69 bits per heavy atom. The first-order chi connectivity index (χ1) is 12.7. The van der Waals surface area contributed by atoms with Crippen LogP contribution >= 0.6 is 39.0 Å². The molecular formula is C20H11BrN2OS2. The van der Waals surface area contributed by atoms with E-state index in [1.807, 2.05) is 60.7 Å². The molecule has 0 fully saturated rings. The van der Waals surface area contributed by atoms with E-state index in [0.717, 1.165) is 30.4 Å². The standard InChI is InChI=1S/C20H11BrN2OS2/c21-14-7-5-13(6-8-14)18-10-9-15(24-18)11-16(12-22)25-20-23-17-3-1-2-4-19(17)26-20/h1-11H/b16-11+. The number of hydrogen-bond donors (Lipinski definition) is 0. The highest BCUT2D eigenvalue weighted by molar-refractivity contribution is 9.10. The van der Waals surface area contributed by atoms with Gasteiger partial charge in [0.05, 0.1) is 15.1 Å². The van der Waals surface area contributed by atoms with Crippen molar-refractivity contribution in [2.45, 2.75) is 4.34 Å². The van der Waals surface area contributed by atoms with Crippen LogP contribution in [0.4, 0.5) is 0 Å². The van der Waals surface area contributed by atoms with E-state index >= 15 is 0 Å². The Hall–Kier alpha value is -2.33. The number of aromatic nitrogens is 1. The molecule has 0 saturated carbocycles. The van der Waals surface area contributed by atoms with Crippen molar-refractivity contribution in [2.75, 3.05) is 0 Å². The molecular weight excluding hydrogens is 428 g/mol. The summed E-state index contributed by atoms with van der Waals surface area (Å²) >= 11 is 6.36. The molecule has 0 saturated heterocycles. The number of furan rings is 1. The maximum atomic E-state index is 9.47. The van der Waals surface area contributed by atoms with Crippen LogP contribution in [0.2, 0.25) is 0 Å². The van der Waals surface area contributed by atoms with Crippen molar-refractivity contribution in [1.29, 1.82) is 5.26 Å². The van der Waals surface area contributed by atoms with Gasteiger partial charge in [0.2, 0.25) is 0 Å². The quantitative estimate of drug-likeness (QED) is 0.254. The van der Waals surface area contributed by atoms with Gasteiger partial charge in [-0.15, -0.1) is 11.3 Å². The topological polar surface area (TPSA) is 49.8 Å². The number of nitriles is 1. The van der Waals surface area contributed by atoms with Crippen LogP contribution in [-0.4, -0.2) is 4.98 Å². The van der Waals surface area contributed by atoms with Crippen molar-refractivity contribution in [3.63, 3.8) is 0 Å². The molecule has 6 heteroatoms. The van der Waals surface area contributed by atoms with E-state index < -0.39 is 0 Å². The number of hydrogen-bond acceptors (Lipinski definition) is 5. The minimum atomic E-state index is 0.542. The Morgan fingerprint density at radius 2 is 1.92 bits per heavy atom. The summed E-state index contributed by atoms with van der Waals surface area (Å²) in [5.74, 6) is 1.42. The number of rotatable bonds is 4. The number of halogens is 1. The molecule has 2 aromatic carbocycles. The summed E-state index contributed by atoms with van der Waals surface area (Å²) in [6, 6.07) is 21.9. The molecule has 0 unspecified atom stereocenters. The predicted octanol–water partition coefficient (Wildman–Crippen LogP) is 6.98. The fourth-order valence-electron chi connectivity index (χ4n) is 2.40. The predicted molar refractivity (Wildman–Crippen MR) is 111 cm³/mol. The van der Waals surface area contributed by atoms with Crippen molar-refractivity contribution in [1.82, 2.24) is 4.98 Å². The number of benzene rings is 2. The summed E-state index contributed by atoms with van der Waals surface area (Å²) in [5.41, 5.74) is 1.94. The molecule has 4 rings (SSSR count). The van der Waals surface area contributed by atoms with Crippen LogP contribution in [0, 0.1) is 11.3 Å². The SMILES string of the molecule is N#C/C(=C\c1ccc(-c2ccc(Br)cc2)o1)Sc1nc2ccccc2s1. The first-order valence-corrected chi connectivity index (χ1v) is 10.1. The average molecular weight is 439 g/mol. The largest absolute Gasteiger partial charge is 0.457 e. The molecule has 0 aliphatic rings. The third-order valence-electron chi connectivity index (χ3n) is 3.61. The number of fused-ring (bicyclic) bond motifs is 1. The average Bonchev–Trinajstić information content (AvgIpc) is 3.28. The molecule has 2 aromatic heterocycles. The lowest BCUT2D eigenvalue weighted by molar-refractivity contribution is 0.571. The van der Waals surface area contributed by atoms with Gasteiger partial charge in [-0.2, -0.15) is 5.26 Å². The third-order valence-corrected chi connectivity index (χ3v) is 6.17. The van der Waals surface area contributed by atoms with Gasteiger partial charge in [0.1, 0.15) is 17.6 Å². The second-order valence-electron chi connectivity index (χ2n) is 5.38. The number of allylic oxidation sites excluding steroid dienone is 1. The Labute approximate surface area is 167 Å². The Morgan fingerprint density at radius 1 is 1.12 bits per heavy atom. The summed E-state index contributed by atoms with van der Waals surface area (Å²) in [5, 5.41) is 9.47. The highest BCUT2D eigenvalue weighted by atomic mass is 79.9. The first-order valence-electron chi connectivity index (χ1n) is 7.72. The third kappa shape index (κ3) is 3.75. The molecule has 0 bridgehead atoms. The van der Waals surface area contributed by atoms with Crippen LogP contribution in [0.3, 0.4) is 0 Å². The zero-order valence-electron chi connectivity index (χ0n) is 13.3. The van der Waals surface area contributed by atoms with E-state index in [1.54, 1.807) is 17.4 Å². The van der Waals surface area contributed by atoms with E-state index in [4.69, 9.17) is 4.42 Å². The van der Waals surface area contributed by atoms with Gasteiger partial charge in [-0.3, -0.25) is 0 Å². The highest BCUT2D eigenvalue weighted by Gasteiger charge is 2.09. The summed E-state index contributed by atoms with van der Waals surface area (Å²) in [7, 11) is 0. The van der Waals surface area contributed by atoms with Crippen LogP contribution < -0.4 is 0 Å². The number of para-hydroxylation sites is 1. The van der Waals surface area contributed by atoms with Gasteiger partial charge in [-0.1, -0.05) is 40.2 Å². The van der Waals surface area contributed by atoms with Crippen LogP contribution in [-0.2, 0) is 0 Å². The van der Waals surface area contributed by atoms with Crippen molar-refractivity contribution >= 4 is 55.3 Å². The van der Waals surface area contributed by atoms with Gasteiger partial charge in [-0.05, 0) is 48.2 Å². The summed E-state index contributed by atoms with van der Waals surface area (Å²) in [4.78, 5) is 5.10. The van der Waals surface area contributed by atoms with Crippen molar-refractivity contribution in [3.05, 3.63) is 75.8 Å². The highest BCUT2D eigenvalue weighted by Crippen LogP contribution is 2.35. The van der Waals surface area contributed by atoms with E-state index in [-0.39, 0.29) is 0 Å². The lowest BCUT2D eigenvalue weighted by atomic mass is 10.2. The van der Waals surface area contributed by atoms with Gasteiger partial charge < -0.3 is 4.42 Å². The number of nitrogens with zero attached hydrogens (tertiary/aromatic N) is 2. The smallest absolute Gasteiger partial charge is 0.156 e. The van der Waals surface area contributed by atoms with Gasteiger partial charge >= 0.3 is 0 Å². The number of thioether (sulfide) groups is 1. The minimum absolute atomic E-state index is 0.542. The van der Waals surface area contributed by atoms with E-state index in [0.29, 0.717) is 10.7 Å². The zero-order chi connectivity index (χ0) is 17.9. The van der Waals surface area contributed by atoms with E-state index in [1.165, 1.54) is 11.8 Å². The monoisotopic (exact) mass is 438 g/mol. The van der Waals surface area contributed by atoms with Crippen molar-refractivity contribution in [3.8, 4) is 17.4 Å². The molecule has 26 heavy (non-hydrogen) atoms. The molecule has 0 radical (unpaired) electrons. The Balaban J connectivity index is 1.57. The molecule has 2 heterocycles. The molecule has 0 amide bonds. The van der Waals surface area contributed by atoms with E-state index in [2.05, 4.69) is 27.0 Å². The fourth-order valence-corrected chi connectivity index (χ4v) is 4.62. The number of thiazole rings is 1. The van der Waals surface area contributed by atoms with Crippen LogP contribution in [0.15, 0.2) is 78.8 Å². The lowest BCUT2D eigenvalue weighted by Crippen LogP contribution is -1.74. The van der Waals surface area contributed by atoms with Gasteiger partial charge in [0.15, 0.2) is 4.34 Å². The Kier molecular flexibility index (Phi) is 4.93. The summed E-state index contributed by atoms with van der Waals surface area (Å²) in [6.07, 6.45) is 1.75. The Bertz CT molecular complexity index is 1100. The maximum absolute atomic E-state index is 9.47. The maximum Gasteiger partial charge on any atom is 0.156 e. The van der Waals surface area contributed by atoms with Crippen LogP contribution in [0.5, 0.6) is 0 Å².